The average molecular weight is 578 g/mol. The topological polar surface area (TPSA) is 3.24 Å². The van der Waals surface area contributed by atoms with Gasteiger partial charge >= 0.3 is 0 Å². The molecule has 9 aromatic rings. The monoisotopic (exact) mass is 577 g/mol. The summed E-state index contributed by atoms with van der Waals surface area (Å²) in [6, 6.07) is 59.7. The molecule has 0 aliphatic rings. The van der Waals surface area contributed by atoms with Gasteiger partial charge in [-0.15, -0.1) is 11.3 Å². The second-order valence-electron chi connectivity index (χ2n) is 11.4. The van der Waals surface area contributed by atoms with E-state index in [4.69, 9.17) is 0 Å². The highest BCUT2D eigenvalue weighted by Crippen LogP contribution is 2.46. The average Bonchev–Trinajstić information content (AvgIpc) is 3.48. The van der Waals surface area contributed by atoms with Crippen LogP contribution in [-0.4, -0.2) is 0 Å². The van der Waals surface area contributed by atoms with E-state index in [2.05, 4.69) is 169 Å². The molecule has 0 saturated carbocycles. The minimum absolute atomic E-state index is 1.14. The Morgan fingerprint density at radius 2 is 1.05 bits per heavy atom. The van der Waals surface area contributed by atoms with Crippen molar-refractivity contribution in [1.29, 1.82) is 0 Å². The molecule has 2 heteroatoms. The third-order valence-electron chi connectivity index (χ3n) is 8.80. The van der Waals surface area contributed by atoms with Crippen molar-refractivity contribution in [1.82, 2.24) is 0 Å². The van der Waals surface area contributed by atoms with E-state index in [1.165, 1.54) is 69.3 Å². The molecule has 206 valence electrons. The molecule has 0 fully saturated rings. The Kier molecular flexibility index (Phi) is 5.75. The van der Waals surface area contributed by atoms with Gasteiger partial charge in [0.15, 0.2) is 0 Å². The Hall–Kier alpha value is -5.44. The van der Waals surface area contributed by atoms with Crippen molar-refractivity contribution in [2.75, 3.05) is 4.90 Å². The normalized spacial score (nSPS) is 11.6. The number of benzene rings is 8. The van der Waals surface area contributed by atoms with Crippen LogP contribution in [0.3, 0.4) is 0 Å². The van der Waals surface area contributed by atoms with Gasteiger partial charge in [-0.3, -0.25) is 0 Å². The van der Waals surface area contributed by atoms with E-state index in [1.54, 1.807) is 0 Å². The van der Waals surface area contributed by atoms with Crippen molar-refractivity contribution in [3.05, 3.63) is 164 Å². The lowest BCUT2D eigenvalue weighted by atomic mass is 9.99. The molecule has 44 heavy (non-hydrogen) atoms. The molecule has 8 aromatic carbocycles. The highest BCUT2D eigenvalue weighted by molar-refractivity contribution is 7.26. The second-order valence-corrected chi connectivity index (χ2v) is 12.4. The lowest BCUT2D eigenvalue weighted by molar-refractivity contribution is 1.31. The van der Waals surface area contributed by atoms with Crippen molar-refractivity contribution in [3.63, 3.8) is 0 Å². The van der Waals surface area contributed by atoms with Crippen LogP contribution in [0.1, 0.15) is 0 Å². The summed E-state index contributed by atoms with van der Waals surface area (Å²) in [5.74, 6) is 0. The SMILES string of the molecule is c1ccc(-c2cccc(N(c3ccc4c(ccc5ccccc54)c3)c3cccc4ccc5c6ccccc6sc5c34)c2)cc1. The van der Waals surface area contributed by atoms with Crippen LogP contribution in [0.25, 0.3) is 63.6 Å². The quantitative estimate of drug-likeness (QED) is 0.188. The Morgan fingerprint density at radius 1 is 0.386 bits per heavy atom. The molecular weight excluding hydrogens is 551 g/mol. The highest BCUT2D eigenvalue weighted by Gasteiger charge is 2.19. The van der Waals surface area contributed by atoms with Crippen LogP contribution in [-0.2, 0) is 0 Å². The van der Waals surface area contributed by atoms with Gasteiger partial charge in [0.05, 0.1) is 5.69 Å². The van der Waals surface area contributed by atoms with Gasteiger partial charge in [-0.05, 0) is 74.5 Å². The first-order valence-corrected chi connectivity index (χ1v) is 15.8. The van der Waals surface area contributed by atoms with E-state index in [0.717, 1.165) is 11.4 Å². The first-order valence-electron chi connectivity index (χ1n) is 15.0. The lowest BCUT2D eigenvalue weighted by Crippen LogP contribution is -2.10. The largest absolute Gasteiger partial charge is 0.310 e. The fourth-order valence-corrected chi connectivity index (χ4v) is 8.01. The maximum Gasteiger partial charge on any atom is 0.0554 e. The Morgan fingerprint density at radius 3 is 1.98 bits per heavy atom. The van der Waals surface area contributed by atoms with Gasteiger partial charge in [-0.1, -0.05) is 127 Å². The van der Waals surface area contributed by atoms with Crippen LogP contribution in [0.4, 0.5) is 17.1 Å². The molecule has 1 heterocycles. The summed E-state index contributed by atoms with van der Waals surface area (Å²) in [6.07, 6.45) is 0. The molecule has 1 nitrogen and oxygen atoms in total. The predicted octanol–water partition coefficient (Wildman–Crippen LogP) is 12.7. The summed E-state index contributed by atoms with van der Waals surface area (Å²) < 4.78 is 2.65. The molecule has 0 N–H and O–H groups in total. The Labute approximate surface area is 259 Å². The first kappa shape index (κ1) is 25.1. The van der Waals surface area contributed by atoms with Crippen LogP contribution in [0.15, 0.2) is 164 Å². The molecule has 0 saturated heterocycles. The number of hydrogen-bond acceptors (Lipinski definition) is 2. The minimum atomic E-state index is 1.14. The molecule has 9 rings (SSSR count). The minimum Gasteiger partial charge on any atom is -0.310 e. The molecular formula is C42H27NS. The summed E-state index contributed by atoms with van der Waals surface area (Å²) in [5, 5.41) is 10.2. The number of thiophene rings is 1. The molecule has 0 spiro atoms. The van der Waals surface area contributed by atoms with E-state index < -0.39 is 0 Å². The van der Waals surface area contributed by atoms with Crippen molar-refractivity contribution >= 4 is 80.9 Å². The zero-order valence-corrected chi connectivity index (χ0v) is 24.8. The number of fused-ring (bicyclic) bond motifs is 8. The predicted molar refractivity (Wildman–Crippen MR) is 192 cm³/mol. The molecule has 0 radical (unpaired) electrons. The van der Waals surface area contributed by atoms with Crippen LogP contribution in [0.5, 0.6) is 0 Å². The maximum absolute atomic E-state index is 2.45. The third kappa shape index (κ3) is 4.00. The Balaban J connectivity index is 1.34. The molecule has 0 aliphatic carbocycles. The van der Waals surface area contributed by atoms with Crippen LogP contribution in [0.2, 0.25) is 0 Å². The fourth-order valence-electron chi connectivity index (χ4n) is 6.74. The zero-order valence-electron chi connectivity index (χ0n) is 23.9. The highest BCUT2D eigenvalue weighted by atomic mass is 32.1. The summed E-state index contributed by atoms with van der Waals surface area (Å²) in [4.78, 5) is 2.45. The smallest absolute Gasteiger partial charge is 0.0554 e. The lowest BCUT2D eigenvalue weighted by Gasteiger charge is -2.28. The van der Waals surface area contributed by atoms with Crippen LogP contribution in [0, 0.1) is 0 Å². The fraction of sp³-hybridized carbons (Fsp3) is 0. The van der Waals surface area contributed by atoms with Crippen molar-refractivity contribution in [2.45, 2.75) is 0 Å². The summed E-state index contributed by atoms with van der Waals surface area (Å²) in [6.45, 7) is 0. The van der Waals surface area contributed by atoms with Gasteiger partial charge in [0.2, 0.25) is 0 Å². The van der Waals surface area contributed by atoms with E-state index in [-0.39, 0.29) is 0 Å². The second kappa shape index (κ2) is 10.1. The van der Waals surface area contributed by atoms with Gasteiger partial charge < -0.3 is 4.90 Å². The molecule has 0 atom stereocenters. The van der Waals surface area contributed by atoms with Gasteiger partial charge in [0.25, 0.3) is 0 Å². The number of nitrogens with zero attached hydrogens (tertiary/aromatic N) is 1. The summed E-state index contributed by atoms with van der Waals surface area (Å²) in [7, 11) is 0. The van der Waals surface area contributed by atoms with Gasteiger partial charge in [0.1, 0.15) is 0 Å². The molecule has 0 amide bonds. The zero-order chi connectivity index (χ0) is 29.0. The number of hydrogen-bond donors (Lipinski definition) is 0. The van der Waals surface area contributed by atoms with Crippen molar-refractivity contribution in [3.8, 4) is 11.1 Å². The number of rotatable bonds is 4. The molecule has 1 aromatic heterocycles. The molecule has 0 unspecified atom stereocenters. The Bertz CT molecular complexity index is 2510. The number of anilines is 3. The first-order chi connectivity index (χ1) is 21.8. The van der Waals surface area contributed by atoms with Gasteiger partial charge in [-0.2, -0.15) is 0 Å². The van der Waals surface area contributed by atoms with E-state index in [1.807, 2.05) is 11.3 Å². The van der Waals surface area contributed by atoms with E-state index >= 15 is 0 Å². The van der Waals surface area contributed by atoms with Crippen molar-refractivity contribution in [2.24, 2.45) is 0 Å². The summed E-state index contributed by atoms with van der Waals surface area (Å²) >= 11 is 1.89. The standard InChI is InChI=1S/C42H27NS/c1-2-10-28(11-3-1)31-14-8-15-33(26-31)43(34-23-25-36-32(27-34)21-20-29-12-4-5-16-35(29)36)39-18-9-13-30-22-24-38-37-17-6-7-19-40(37)44-42(38)41(30)39/h1-27H. The van der Waals surface area contributed by atoms with E-state index in [9.17, 15) is 0 Å². The summed E-state index contributed by atoms with van der Waals surface area (Å²) in [5.41, 5.74) is 5.88. The van der Waals surface area contributed by atoms with Crippen LogP contribution >= 0.6 is 11.3 Å². The molecule has 0 bridgehead atoms. The van der Waals surface area contributed by atoms with Gasteiger partial charge in [0, 0.05) is 36.9 Å². The third-order valence-corrected chi connectivity index (χ3v) is 10.0. The van der Waals surface area contributed by atoms with Crippen molar-refractivity contribution < 1.29 is 0 Å². The molecule has 0 aliphatic heterocycles. The van der Waals surface area contributed by atoms with Gasteiger partial charge in [-0.25, -0.2) is 0 Å². The van der Waals surface area contributed by atoms with Crippen LogP contribution < -0.4 is 4.90 Å². The van der Waals surface area contributed by atoms with E-state index in [0.29, 0.717) is 0 Å². The maximum atomic E-state index is 2.45.